The maximum atomic E-state index is 11.0. The maximum Gasteiger partial charge on any atom is 0.275 e. The first-order valence-corrected chi connectivity index (χ1v) is 2.92. The third-order valence-corrected chi connectivity index (χ3v) is 1.39. The van der Waals surface area contributed by atoms with E-state index in [1.165, 1.54) is 7.05 Å². The van der Waals surface area contributed by atoms with Crippen LogP contribution in [0.25, 0.3) is 0 Å². The van der Waals surface area contributed by atoms with E-state index in [4.69, 9.17) is 0 Å². The standard InChI is InChI=1S/C5H10N2O2/c1-7(9)3-2-6-5(8)4-7/h2-4H2,1H3,(H,6,8). The number of hydroxylamine groups is 3. The smallest absolute Gasteiger partial charge is 0.275 e. The Morgan fingerprint density at radius 3 is 2.78 bits per heavy atom. The van der Waals surface area contributed by atoms with Gasteiger partial charge in [-0.2, -0.15) is 0 Å². The van der Waals surface area contributed by atoms with E-state index < -0.39 is 4.65 Å². The van der Waals surface area contributed by atoms with Gasteiger partial charge in [0.2, 0.25) is 0 Å². The highest BCUT2D eigenvalue weighted by molar-refractivity contribution is 5.77. The molecule has 1 unspecified atom stereocenters. The summed E-state index contributed by atoms with van der Waals surface area (Å²) in [5.41, 5.74) is 0. The van der Waals surface area contributed by atoms with Gasteiger partial charge in [0.25, 0.3) is 5.91 Å². The topological polar surface area (TPSA) is 52.2 Å². The Balaban J connectivity index is 2.51. The van der Waals surface area contributed by atoms with E-state index in [1.54, 1.807) is 0 Å². The van der Waals surface area contributed by atoms with E-state index in [9.17, 15) is 10.0 Å². The monoisotopic (exact) mass is 130 g/mol. The van der Waals surface area contributed by atoms with E-state index in [0.717, 1.165) is 0 Å². The molecule has 1 rings (SSSR count). The molecule has 4 nitrogen and oxygen atoms in total. The normalized spacial score (nSPS) is 36.0. The van der Waals surface area contributed by atoms with E-state index in [-0.39, 0.29) is 12.5 Å². The fourth-order valence-corrected chi connectivity index (χ4v) is 0.871. The van der Waals surface area contributed by atoms with Gasteiger partial charge in [0.1, 0.15) is 0 Å². The van der Waals surface area contributed by atoms with Crippen molar-refractivity contribution in [2.45, 2.75) is 0 Å². The molecule has 0 aliphatic carbocycles. The Hall–Kier alpha value is -0.610. The van der Waals surface area contributed by atoms with Crippen LogP contribution in [-0.4, -0.2) is 37.2 Å². The number of likely N-dealkylation sites (N-methyl/N-ethyl adjacent to an activating group) is 1. The fourth-order valence-electron chi connectivity index (χ4n) is 0.871. The predicted molar refractivity (Wildman–Crippen MR) is 32.3 cm³/mol. The van der Waals surface area contributed by atoms with Crippen LogP contribution in [0.3, 0.4) is 0 Å². The van der Waals surface area contributed by atoms with Gasteiger partial charge in [0, 0.05) is 0 Å². The molecule has 9 heavy (non-hydrogen) atoms. The van der Waals surface area contributed by atoms with Crippen molar-refractivity contribution in [2.75, 3.05) is 26.7 Å². The van der Waals surface area contributed by atoms with Crippen molar-refractivity contribution in [3.63, 3.8) is 0 Å². The molecule has 0 radical (unpaired) electrons. The van der Waals surface area contributed by atoms with Gasteiger partial charge in [-0.05, 0) is 0 Å². The summed E-state index contributed by atoms with van der Waals surface area (Å²) in [7, 11) is 1.51. The second-order valence-corrected chi connectivity index (χ2v) is 2.53. The van der Waals surface area contributed by atoms with E-state index >= 15 is 0 Å². The number of hydrogen-bond acceptors (Lipinski definition) is 2. The summed E-state index contributed by atoms with van der Waals surface area (Å²) in [4.78, 5) is 10.6. The SMILES string of the molecule is C[N+]1([O-])CCNC(=O)C1. The van der Waals surface area contributed by atoms with Crippen LogP contribution in [0, 0.1) is 5.21 Å². The quantitative estimate of drug-likeness (QED) is 0.340. The molecule has 0 aromatic carbocycles. The van der Waals surface area contributed by atoms with Crippen LogP contribution in [0.2, 0.25) is 0 Å². The summed E-state index contributed by atoms with van der Waals surface area (Å²) in [5.74, 6) is -0.140. The lowest BCUT2D eigenvalue weighted by molar-refractivity contribution is -0.853. The minimum absolute atomic E-state index is 0.0694. The van der Waals surface area contributed by atoms with Gasteiger partial charge in [0.05, 0.1) is 20.1 Å². The first kappa shape index (κ1) is 6.51. The third kappa shape index (κ3) is 1.65. The van der Waals surface area contributed by atoms with Crippen molar-refractivity contribution in [1.29, 1.82) is 0 Å². The van der Waals surface area contributed by atoms with Crippen molar-refractivity contribution in [3.8, 4) is 0 Å². The summed E-state index contributed by atoms with van der Waals surface area (Å²) < 4.78 is -0.425. The van der Waals surface area contributed by atoms with Crippen molar-refractivity contribution in [2.24, 2.45) is 0 Å². The fraction of sp³-hybridized carbons (Fsp3) is 0.800. The molecule has 1 amide bonds. The molecular formula is C5H10N2O2. The third-order valence-electron chi connectivity index (χ3n) is 1.39. The zero-order chi connectivity index (χ0) is 6.91. The second-order valence-electron chi connectivity index (χ2n) is 2.53. The molecule has 1 fully saturated rings. The molecule has 0 bridgehead atoms. The summed E-state index contributed by atoms with van der Waals surface area (Å²) in [6.07, 6.45) is 0. The summed E-state index contributed by atoms with van der Waals surface area (Å²) in [5, 5.41) is 13.6. The van der Waals surface area contributed by atoms with Crippen LogP contribution in [-0.2, 0) is 4.79 Å². The van der Waals surface area contributed by atoms with E-state index in [0.29, 0.717) is 13.1 Å². The van der Waals surface area contributed by atoms with Crippen LogP contribution in [0.15, 0.2) is 0 Å². The second kappa shape index (κ2) is 1.97. The van der Waals surface area contributed by atoms with Gasteiger partial charge in [-0.3, -0.25) is 4.79 Å². The lowest BCUT2D eigenvalue weighted by atomic mass is 10.4. The average molecular weight is 130 g/mol. The van der Waals surface area contributed by atoms with Gasteiger partial charge in [-0.15, -0.1) is 0 Å². The molecule has 1 N–H and O–H groups in total. The summed E-state index contributed by atoms with van der Waals surface area (Å²) >= 11 is 0. The number of carbonyl (C=O) groups excluding carboxylic acids is 1. The Labute approximate surface area is 53.6 Å². The molecule has 1 saturated heterocycles. The Kier molecular flexibility index (Phi) is 1.42. The number of amides is 1. The van der Waals surface area contributed by atoms with Gasteiger partial charge in [-0.1, -0.05) is 0 Å². The van der Waals surface area contributed by atoms with Crippen LogP contribution in [0.1, 0.15) is 0 Å². The number of carbonyl (C=O) groups is 1. The van der Waals surface area contributed by atoms with Crippen LogP contribution in [0.5, 0.6) is 0 Å². The molecule has 1 aliphatic heterocycles. The van der Waals surface area contributed by atoms with E-state index in [1.807, 2.05) is 0 Å². The molecular weight excluding hydrogens is 120 g/mol. The van der Waals surface area contributed by atoms with Crippen LogP contribution >= 0.6 is 0 Å². The minimum atomic E-state index is -0.425. The Bertz CT molecular complexity index is 133. The highest BCUT2D eigenvalue weighted by Gasteiger charge is 2.20. The lowest BCUT2D eigenvalue weighted by Gasteiger charge is -2.40. The van der Waals surface area contributed by atoms with Crippen molar-refractivity contribution < 1.29 is 9.44 Å². The van der Waals surface area contributed by atoms with E-state index in [2.05, 4.69) is 5.32 Å². The van der Waals surface area contributed by atoms with Crippen molar-refractivity contribution in [3.05, 3.63) is 5.21 Å². The minimum Gasteiger partial charge on any atom is -0.633 e. The highest BCUT2D eigenvalue weighted by Crippen LogP contribution is 2.00. The molecule has 1 aliphatic rings. The molecule has 4 heteroatoms. The summed E-state index contributed by atoms with van der Waals surface area (Å²) in [6.45, 7) is 1.07. The Morgan fingerprint density at radius 1 is 1.78 bits per heavy atom. The first-order valence-electron chi connectivity index (χ1n) is 2.92. The zero-order valence-corrected chi connectivity index (χ0v) is 5.39. The van der Waals surface area contributed by atoms with Crippen molar-refractivity contribution in [1.82, 2.24) is 5.32 Å². The first-order chi connectivity index (χ1) is 4.10. The van der Waals surface area contributed by atoms with Crippen LogP contribution in [0.4, 0.5) is 0 Å². The predicted octanol–water partition coefficient (Wildman–Crippen LogP) is -0.939. The Morgan fingerprint density at radius 2 is 2.44 bits per heavy atom. The molecule has 1 atom stereocenters. The number of nitrogens with zero attached hydrogens (tertiary/aromatic N) is 1. The highest BCUT2D eigenvalue weighted by atomic mass is 16.5. The maximum absolute atomic E-state index is 11.0. The molecule has 0 saturated carbocycles. The number of rotatable bonds is 0. The van der Waals surface area contributed by atoms with Gasteiger partial charge in [-0.25, -0.2) is 0 Å². The number of piperazine rings is 1. The molecule has 0 spiro atoms. The average Bonchev–Trinajstić information content (AvgIpc) is 1.60. The lowest BCUT2D eigenvalue weighted by Crippen LogP contribution is -2.55. The van der Waals surface area contributed by atoms with Crippen LogP contribution < -0.4 is 5.32 Å². The molecule has 0 aromatic rings. The van der Waals surface area contributed by atoms with Crippen molar-refractivity contribution >= 4 is 5.91 Å². The molecule has 52 valence electrons. The largest absolute Gasteiger partial charge is 0.633 e. The number of nitrogens with one attached hydrogen (secondary N) is 1. The molecule has 1 heterocycles. The summed E-state index contributed by atoms with van der Waals surface area (Å²) in [6, 6.07) is 0. The molecule has 0 aromatic heterocycles. The number of quaternary nitrogens is 1. The number of hydrogen-bond donors (Lipinski definition) is 1. The van der Waals surface area contributed by atoms with Gasteiger partial charge >= 0.3 is 0 Å². The van der Waals surface area contributed by atoms with Gasteiger partial charge < -0.3 is 15.2 Å². The van der Waals surface area contributed by atoms with Gasteiger partial charge in [0.15, 0.2) is 6.54 Å². The zero-order valence-electron chi connectivity index (χ0n) is 5.39.